The summed E-state index contributed by atoms with van der Waals surface area (Å²) in [4.78, 5) is 0. The Balaban J connectivity index is 2.09. The number of nitrogen functional groups attached to an aromatic ring is 4. The van der Waals surface area contributed by atoms with Crippen molar-refractivity contribution in [1.29, 1.82) is 0 Å². The van der Waals surface area contributed by atoms with E-state index in [-0.39, 0.29) is 0 Å². The number of benzene rings is 2. The third kappa shape index (κ3) is 2.57. The molecule has 0 fully saturated rings. The van der Waals surface area contributed by atoms with Crippen LogP contribution in [-0.2, 0) is 6.61 Å². The van der Waals surface area contributed by atoms with Gasteiger partial charge in [0.25, 0.3) is 0 Å². The van der Waals surface area contributed by atoms with Crippen LogP contribution in [0.15, 0.2) is 36.4 Å². The van der Waals surface area contributed by atoms with Gasteiger partial charge in [-0.05, 0) is 35.9 Å². The van der Waals surface area contributed by atoms with Crippen molar-refractivity contribution in [2.24, 2.45) is 0 Å². The second-order valence-corrected chi connectivity index (χ2v) is 4.05. The molecule has 2 rings (SSSR count). The molecule has 0 amide bonds. The van der Waals surface area contributed by atoms with Gasteiger partial charge in [0.15, 0.2) is 0 Å². The lowest BCUT2D eigenvalue weighted by atomic mass is 10.2. The normalized spacial score (nSPS) is 10.2. The van der Waals surface area contributed by atoms with E-state index in [0.717, 1.165) is 5.56 Å². The maximum Gasteiger partial charge on any atom is 0.142 e. The Labute approximate surface area is 105 Å². The number of hydrogen-bond acceptors (Lipinski definition) is 5. The van der Waals surface area contributed by atoms with Crippen molar-refractivity contribution in [2.75, 3.05) is 22.9 Å². The van der Waals surface area contributed by atoms with E-state index in [9.17, 15) is 0 Å². The molecule has 2 aromatic rings. The van der Waals surface area contributed by atoms with Crippen LogP contribution in [-0.4, -0.2) is 0 Å². The van der Waals surface area contributed by atoms with Gasteiger partial charge in [-0.1, -0.05) is 6.07 Å². The smallest absolute Gasteiger partial charge is 0.142 e. The van der Waals surface area contributed by atoms with Crippen molar-refractivity contribution in [3.8, 4) is 5.75 Å². The zero-order chi connectivity index (χ0) is 13.1. The van der Waals surface area contributed by atoms with Gasteiger partial charge in [0, 0.05) is 5.69 Å². The Kier molecular flexibility index (Phi) is 3.14. The highest BCUT2D eigenvalue weighted by Crippen LogP contribution is 2.25. The van der Waals surface area contributed by atoms with Gasteiger partial charge in [-0.3, -0.25) is 0 Å². The van der Waals surface area contributed by atoms with Crippen LogP contribution in [0.25, 0.3) is 0 Å². The number of nitrogens with two attached hydrogens (primary N) is 4. The van der Waals surface area contributed by atoms with Crippen molar-refractivity contribution in [3.63, 3.8) is 0 Å². The summed E-state index contributed by atoms with van der Waals surface area (Å²) in [6, 6.07) is 10.5. The summed E-state index contributed by atoms with van der Waals surface area (Å²) in [5.74, 6) is 0.597. The quantitative estimate of drug-likeness (QED) is 0.612. The van der Waals surface area contributed by atoms with Gasteiger partial charge in [0.05, 0.1) is 17.1 Å². The average molecular weight is 244 g/mol. The molecule has 0 saturated carbocycles. The first kappa shape index (κ1) is 11.9. The number of anilines is 4. The summed E-state index contributed by atoms with van der Waals surface area (Å²) in [7, 11) is 0. The largest absolute Gasteiger partial charge is 0.487 e. The Morgan fingerprint density at radius 3 is 2.22 bits per heavy atom. The standard InChI is InChI=1S/C13H16N4O/c14-9-2-4-13(12(17)6-9)18-7-8-1-3-10(15)11(16)5-8/h1-6H,7,14-17H2. The van der Waals surface area contributed by atoms with Gasteiger partial charge >= 0.3 is 0 Å². The van der Waals surface area contributed by atoms with E-state index in [0.29, 0.717) is 35.1 Å². The van der Waals surface area contributed by atoms with Crippen LogP contribution in [0.2, 0.25) is 0 Å². The summed E-state index contributed by atoms with van der Waals surface area (Å²) in [6.07, 6.45) is 0. The minimum atomic E-state index is 0.374. The molecule has 18 heavy (non-hydrogen) atoms. The minimum Gasteiger partial charge on any atom is -0.487 e. The predicted molar refractivity (Wildman–Crippen MR) is 74.9 cm³/mol. The Bertz CT molecular complexity index is 569. The van der Waals surface area contributed by atoms with E-state index in [1.807, 2.05) is 6.07 Å². The van der Waals surface area contributed by atoms with Crippen LogP contribution in [0.3, 0.4) is 0 Å². The fraction of sp³-hybridized carbons (Fsp3) is 0.0769. The highest BCUT2D eigenvalue weighted by molar-refractivity contribution is 5.64. The lowest BCUT2D eigenvalue weighted by Gasteiger charge is -2.10. The molecule has 0 saturated heterocycles. The van der Waals surface area contributed by atoms with Crippen LogP contribution in [0, 0.1) is 0 Å². The highest BCUT2D eigenvalue weighted by Gasteiger charge is 2.02. The topological polar surface area (TPSA) is 113 Å². The molecular formula is C13H16N4O. The van der Waals surface area contributed by atoms with Gasteiger partial charge in [0.1, 0.15) is 12.4 Å². The van der Waals surface area contributed by atoms with Crippen molar-refractivity contribution < 1.29 is 4.74 Å². The fourth-order valence-electron chi connectivity index (χ4n) is 1.57. The highest BCUT2D eigenvalue weighted by atomic mass is 16.5. The van der Waals surface area contributed by atoms with E-state index >= 15 is 0 Å². The van der Waals surface area contributed by atoms with E-state index in [1.165, 1.54) is 0 Å². The van der Waals surface area contributed by atoms with Crippen LogP contribution >= 0.6 is 0 Å². The maximum absolute atomic E-state index is 5.79. The van der Waals surface area contributed by atoms with Gasteiger partial charge in [-0.2, -0.15) is 0 Å². The molecule has 0 bridgehead atoms. The number of rotatable bonds is 3. The summed E-state index contributed by atoms with van der Waals surface area (Å²) >= 11 is 0. The number of ether oxygens (including phenoxy) is 1. The van der Waals surface area contributed by atoms with Crippen LogP contribution < -0.4 is 27.7 Å². The molecule has 94 valence electrons. The van der Waals surface area contributed by atoms with E-state index in [1.54, 1.807) is 30.3 Å². The molecule has 0 radical (unpaired) electrons. The summed E-state index contributed by atoms with van der Waals surface area (Å²) in [5, 5.41) is 0. The molecule has 2 aromatic carbocycles. The molecule has 0 unspecified atom stereocenters. The first-order valence-corrected chi connectivity index (χ1v) is 5.48. The van der Waals surface area contributed by atoms with Gasteiger partial charge in [-0.25, -0.2) is 0 Å². The second-order valence-electron chi connectivity index (χ2n) is 4.05. The Morgan fingerprint density at radius 2 is 1.56 bits per heavy atom. The molecule has 0 aliphatic carbocycles. The molecular weight excluding hydrogens is 228 g/mol. The molecule has 0 spiro atoms. The van der Waals surface area contributed by atoms with Crippen molar-refractivity contribution in [2.45, 2.75) is 6.61 Å². The zero-order valence-corrected chi connectivity index (χ0v) is 9.89. The molecule has 0 aliphatic rings. The van der Waals surface area contributed by atoms with Crippen LogP contribution in [0.1, 0.15) is 5.56 Å². The van der Waals surface area contributed by atoms with Gasteiger partial charge in [-0.15, -0.1) is 0 Å². The third-order valence-electron chi connectivity index (χ3n) is 2.58. The average Bonchev–Trinajstić information content (AvgIpc) is 2.32. The zero-order valence-electron chi connectivity index (χ0n) is 9.89. The second kappa shape index (κ2) is 4.75. The van der Waals surface area contributed by atoms with E-state index in [4.69, 9.17) is 27.7 Å². The summed E-state index contributed by atoms with van der Waals surface area (Å²) in [5.41, 5.74) is 25.9. The van der Waals surface area contributed by atoms with Crippen molar-refractivity contribution >= 4 is 22.7 Å². The van der Waals surface area contributed by atoms with Gasteiger partial charge < -0.3 is 27.7 Å². The van der Waals surface area contributed by atoms with Crippen molar-refractivity contribution in [1.82, 2.24) is 0 Å². The van der Waals surface area contributed by atoms with E-state index < -0.39 is 0 Å². The Hall–Kier alpha value is -2.56. The maximum atomic E-state index is 5.79. The SMILES string of the molecule is Nc1ccc(OCc2ccc(N)c(N)c2)c(N)c1. The van der Waals surface area contributed by atoms with Crippen LogP contribution in [0.5, 0.6) is 5.75 Å². The summed E-state index contributed by atoms with van der Waals surface area (Å²) < 4.78 is 5.60. The van der Waals surface area contributed by atoms with Gasteiger partial charge in [0.2, 0.25) is 0 Å². The monoisotopic (exact) mass is 244 g/mol. The lowest BCUT2D eigenvalue weighted by molar-refractivity contribution is 0.308. The third-order valence-corrected chi connectivity index (χ3v) is 2.58. The summed E-state index contributed by atoms with van der Waals surface area (Å²) in [6.45, 7) is 0.374. The fourth-order valence-corrected chi connectivity index (χ4v) is 1.57. The molecule has 0 atom stereocenters. The molecule has 0 aromatic heterocycles. The molecule has 8 N–H and O–H groups in total. The first-order chi connectivity index (χ1) is 8.56. The van der Waals surface area contributed by atoms with Crippen molar-refractivity contribution in [3.05, 3.63) is 42.0 Å². The minimum absolute atomic E-state index is 0.374. The first-order valence-electron chi connectivity index (χ1n) is 5.48. The van der Waals surface area contributed by atoms with E-state index in [2.05, 4.69) is 0 Å². The molecule has 0 aliphatic heterocycles. The molecule has 5 nitrogen and oxygen atoms in total. The Morgan fingerprint density at radius 1 is 0.778 bits per heavy atom. The lowest BCUT2D eigenvalue weighted by Crippen LogP contribution is -2.01. The molecule has 5 heteroatoms. The molecule has 0 heterocycles. The predicted octanol–water partition coefficient (Wildman–Crippen LogP) is 1.59. The number of hydrogen-bond donors (Lipinski definition) is 4. The van der Waals surface area contributed by atoms with Crippen LogP contribution in [0.4, 0.5) is 22.7 Å².